The highest BCUT2D eigenvalue weighted by Gasteiger charge is 2.02. The van der Waals surface area contributed by atoms with Crippen LogP contribution in [0.1, 0.15) is 5.56 Å². The van der Waals surface area contributed by atoms with E-state index < -0.39 is 0 Å². The van der Waals surface area contributed by atoms with Crippen molar-refractivity contribution in [2.24, 2.45) is 0 Å². The van der Waals surface area contributed by atoms with Crippen LogP contribution in [0, 0.1) is 6.92 Å². The van der Waals surface area contributed by atoms with E-state index in [4.69, 9.17) is 0 Å². The second kappa shape index (κ2) is 7.01. The lowest BCUT2D eigenvalue weighted by atomic mass is 10.2. The Morgan fingerprint density at radius 2 is 1.89 bits per heavy atom. The molecular weight excluding hydrogens is 282 g/mol. The Balaban J connectivity index is 1.71. The molecule has 0 amide bonds. The molecule has 0 atom stereocenters. The fourth-order valence-corrected chi connectivity index (χ4v) is 3.71. The molecule has 2 aromatic rings. The summed E-state index contributed by atoms with van der Waals surface area (Å²) >= 11 is 5.05. The van der Waals surface area contributed by atoms with Gasteiger partial charge in [0.05, 0.1) is 0 Å². The molecule has 0 bridgehead atoms. The van der Waals surface area contributed by atoms with Crippen molar-refractivity contribution in [3.05, 3.63) is 29.8 Å². The van der Waals surface area contributed by atoms with Gasteiger partial charge in [-0.3, -0.25) is 0 Å². The third-order valence-corrected chi connectivity index (χ3v) is 5.30. The minimum absolute atomic E-state index is 0.932. The van der Waals surface area contributed by atoms with Gasteiger partial charge in [-0.15, -0.1) is 10.2 Å². The number of rotatable bonds is 6. The third kappa shape index (κ3) is 4.19. The van der Waals surface area contributed by atoms with E-state index in [0.29, 0.717) is 0 Å². The Morgan fingerprint density at radius 3 is 2.56 bits per heavy atom. The molecule has 18 heavy (non-hydrogen) atoms. The number of aryl methyl sites for hydroxylation is 1. The van der Waals surface area contributed by atoms with Gasteiger partial charge in [0.1, 0.15) is 0 Å². The van der Waals surface area contributed by atoms with Crippen LogP contribution in [0.2, 0.25) is 0 Å². The van der Waals surface area contributed by atoms with Gasteiger partial charge in [0.25, 0.3) is 0 Å². The molecule has 0 saturated carbocycles. The lowest BCUT2D eigenvalue weighted by Crippen LogP contribution is -2.03. The average molecular weight is 297 g/mol. The van der Waals surface area contributed by atoms with E-state index in [1.807, 2.05) is 6.26 Å². The van der Waals surface area contributed by atoms with Crippen molar-refractivity contribution >= 4 is 40.5 Å². The van der Waals surface area contributed by atoms with Crippen LogP contribution in [0.15, 0.2) is 32.9 Å². The normalized spacial score (nSPS) is 10.6. The van der Waals surface area contributed by atoms with Gasteiger partial charge < -0.3 is 5.32 Å². The molecule has 1 aromatic carbocycles. The van der Waals surface area contributed by atoms with Gasteiger partial charge in [-0.05, 0) is 25.3 Å². The number of benzene rings is 1. The Bertz CT molecular complexity index is 482. The SMILES string of the molecule is CSc1nnc(SCCNc2ccc(C)cc2)s1. The quantitative estimate of drug-likeness (QED) is 0.649. The van der Waals surface area contributed by atoms with Crippen LogP contribution in [-0.2, 0) is 0 Å². The van der Waals surface area contributed by atoms with Crippen molar-refractivity contribution in [2.45, 2.75) is 15.6 Å². The lowest BCUT2D eigenvalue weighted by Gasteiger charge is -2.05. The Labute approximate surface area is 120 Å². The fraction of sp³-hybridized carbons (Fsp3) is 0.333. The van der Waals surface area contributed by atoms with Crippen LogP contribution >= 0.6 is 34.9 Å². The molecule has 0 aliphatic rings. The molecule has 1 N–H and O–H groups in total. The van der Waals surface area contributed by atoms with Crippen LogP contribution in [-0.4, -0.2) is 28.8 Å². The maximum Gasteiger partial charge on any atom is 0.175 e. The highest BCUT2D eigenvalue weighted by Crippen LogP contribution is 2.27. The van der Waals surface area contributed by atoms with Crippen molar-refractivity contribution in [1.29, 1.82) is 0 Å². The first kappa shape index (κ1) is 13.7. The Morgan fingerprint density at radius 1 is 1.17 bits per heavy atom. The zero-order chi connectivity index (χ0) is 12.8. The van der Waals surface area contributed by atoms with Crippen LogP contribution in [0.4, 0.5) is 5.69 Å². The maximum atomic E-state index is 4.13. The lowest BCUT2D eigenvalue weighted by molar-refractivity contribution is 0.955. The average Bonchev–Trinajstić information content (AvgIpc) is 2.85. The van der Waals surface area contributed by atoms with E-state index >= 15 is 0 Å². The molecule has 6 heteroatoms. The highest BCUT2D eigenvalue weighted by atomic mass is 32.2. The zero-order valence-electron chi connectivity index (χ0n) is 10.3. The largest absolute Gasteiger partial charge is 0.384 e. The van der Waals surface area contributed by atoms with E-state index in [-0.39, 0.29) is 0 Å². The first-order valence-electron chi connectivity index (χ1n) is 5.59. The van der Waals surface area contributed by atoms with E-state index in [0.717, 1.165) is 21.0 Å². The molecule has 0 unspecified atom stereocenters. The minimum atomic E-state index is 0.932. The van der Waals surface area contributed by atoms with E-state index in [9.17, 15) is 0 Å². The predicted molar refractivity (Wildman–Crippen MR) is 82.1 cm³/mol. The summed E-state index contributed by atoms with van der Waals surface area (Å²) in [6, 6.07) is 8.45. The number of nitrogens with zero attached hydrogens (tertiary/aromatic N) is 2. The molecular formula is C12H15N3S3. The first-order chi connectivity index (χ1) is 8.78. The molecule has 0 aliphatic carbocycles. The Kier molecular flexibility index (Phi) is 5.34. The van der Waals surface area contributed by atoms with Crippen LogP contribution in [0.3, 0.4) is 0 Å². The van der Waals surface area contributed by atoms with Crippen molar-refractivity contribution < 1.29 is 0 Å². The number of nitrogens with one attached hydrogen (secondary N) is 1. The van der Waals surface area contributed by atoms with Crippen molar-refractivity contribution in [1.82, 2.24) is 10.2 Å². The second-order valence-corrected chi connectivity index (χ2v) is 7.05. The topological polar surface area (TPSA) is 37.8 Å². The summed E-state index contributed by atoms with van der Waals surface area (Å²) in [6.45, 7) is 3.03. The molecule has 0 aliphatic heterocycles. The van der Waals surface area contributed by atoms with Gasteiger partial charge in [0, 0.05) is 18.0 Å². The monoisotopic (exact) mass is 297 g/mol. The molecule has 0 fully saturated rings. The van der Waals surface area contributed by atoms with Gasteiger partial charge in [-0.25, -0.2) is 0 Å². The molecule has 3 nitrogen and oxygen atoms in total. The summed E-state index contributed by atoms with van der Waals surface area (Å²) in [5.41, 5.74) is 2.46. The number of thioether (sulfide) groups is 2. The summed E-state index contributed by atoms with van der Waals surface area (Å²) in [4.78, 5) is 0. The van der Waals surface area contributed by atoms with E-state index in [2.05, 4.69) is 46.7 Å². The molecule has 0 saturated heterocycles. The Hall–Kier alpha value is -0.720. The van der Waals surface area contributed by atoms with Gasteiger partial charge in [-0.1, -0.05) is 52.6 Å². The predicted octanol–water partition coefficient (Wildman–Crippen LogP) is 3.77. The van der Waals surface area contributed by atoms with Crippen molar-refractivity contribution in [2.75, 3.05) is 23.9 Å². The van der Waals surface area contributed by atoms with Gasteiger partial charge in [0.2, 0.25) is 0 Å². The summed E-state index contributed by atoms with van der Waals surface area (Å²) in [7, 11) is 0. The van der Waals surface area contributed by atoms with Crippen molar-refractivity contribution in [3.63, 3.8) is 0 Å². The number of anilines is 1. The molecule has 1 heterocycles. The summed E-state index contributed by atoms with van der Waals surface area (Å²) in [5.74, 6) is 0.997. The molecule has 96 valence electrons. The number of aromatic nitrogens is 2. The van der Waals surface area contributed by atoms with Crippen LogP contribution in [0.5, 0.6) is 0 Å². The second-order valence-electron chi connectivity index (χ2n) is 3.68. The third-order valence-electron chi connectivity index (χ3n) is 2.27. The number of hydrogen-bond acceptors (Lipinski definition) is 6. The van der Waals surface area contributed by atoms with Crippen molar-refractivity contribution in [3.8, 4) is 0 Å². The highest BCUT2D eigenvalue weighted by molar-refractivity contribution is 8.02. The maximum absolute atomic E-state index is 4.13. The minimum Gasteiger partial charge on any atom is -0.384 e. The first-order valence-corrected chi connectivity index (χ1v) is 8.61. The summed E-state index contributed by atoms with van der Waals surface area (Å²) in [6.07, 6.45) is 2.02. The zero-order valence-corrected chi connectivity index (χ0v) is 12.8. The fourth-order valence-electron chi connectivity index (χ4n) is 1.34. The summed E-state index contributed by atoms with van der Waals surface area (Å²) in [5, 5.41) is 11.6. The molecule has 0 spiro atoms. The summed E-state index contributed by atoms with van der Waals surface area (Å²) < 4.78 is 2.08. The van der Waals surface area contributed by atoms with Crippen LogP contribution in [0.25, 0.3) is 0 Å². The van der Waals surface area contributed by atoms with Gasteiger partial charge >= 0.3 is 0 Å². The molecule has 1 aromatic heterocycles. The van der Waals surface area contributed by atoms with E-state index in [1.54, 1.807) is 34.9 Å². The standard InChI is InChI=1S/C12H15N3S3/c1-9-3-5-10(6-4-9)13-7-8-17-12-15-14-11(16-2)18-12/h3-6,13H,7-8H2,1-2H3. The smallest absolute Gasteiger partial charge is 0.175 e. The van der Waals surface area contributed by atoms with Gasteiger partial charge in [0.15, 0.2) is 8.68 Å². The van der Waals surface area contributed by atoms with Crippen LogP contribution < -0.4 is 5.32 Å². The molecule has 0 radical (unpaired) electrons. The number of hydrogen-bond donors (Lipinski definition) is 1. The molecule has 2 rings (SSSR count). The van der Waals surface area contributed by atoms with E-state index in [1.165, 1.54) is 11.3 Å². The van der Waals surface area contributed by atoms with Gasteiger partial charge in [-0.2, -0.15) is 0 Å².